The van der Waals surface area contributed by atoms with Crippen molar-refractivity contribution in [1.29, 1.82) is 0 Å². The molecule has 1 aromatic heterocycles. The molecule has 1 aliphatic heterocycles. The normalized spacial score (nSPS) is 16.4. The van der Waals surface area contributed by atoms with Crippen molar-refractivity contribution in [3.63, 3.8) is 0 Å². The molecule has 4 nitrogen and oxygen atoms in total. The number of carbonyl (C=O) groups is 1. The monoisotopic (exact) mass is 333 g/mol. The van der Waals surface area contributed by atoms with Crippen molar-refractivity contribution in [1.82, 2.24) is 9.88 Å². The zero-order valence-electron chi connectivity index (χ0n) is 13.1. The van der Waals surface area contributed by atoms with E-state index in [1.54, 1.807) is 18.3 Å². The summed E-state index contributed by atoms with van der Waals surface area (Å²) in [5.41, 5.74) is 0.638. The van der Waals surface area contributed by atoms with E-state index >= 15 is 0 Å². The summed E-state index contributed by atoms with van der Waals surface area (Å²) >= 11 is 1.40. The van der Waals surface area contributed by atoms with Crippen LogP contribution in [0, 0.1) is 5.82 Å². The Labute approximate surface area is 139 Å². The van der Waals surface area contributed by atoms with E-state index in [4.69, 9.17) is 0 Å². The van der Waals surface area contributed by atoms with Crippen LogP contribution >= 0.6 is 11.3 Å². The lowest BCUT2D eigenvalue weighted by Gasteiger charge is -2.21. The van der Waals surface area contributed by atoms with Gasteiger partial charge in [-0.15, -0.1) is 11.3 Å². The van der Waals surface area contributed by atoms with Gasteiger partial charge < -0.3 is 5.32 Å². The molecule has 0 radical (unpaired) electrons. The lowest BCUT2D eigenvalue weighted by Crippen LogP contribution is -2.40. The highest BCUT2D eigenvalue weighted by Crippen LogP contribution is 2.23. The van der Waals surface area contributed by atoms with Crippen LogP contribution in [0.15, 0.2) is 30.5 Å². The highest BCUT2D eigenvalue weighted by atomic mass is 32.1. The molecule has 1 saturated heterocycles. The number of hydrogen-bond acceptors (Lipinski definition) is 4. The fourth-order valence-corrected chi connectivity index (χ4v) is 3.62. The fourth-order valence-electron chi connectivity index (χ4n) is 2.78. The molecule has 1 N–H and O–H groups in total. The Morgan fingerprint density at radius 2 is 2.13 bits per heavy atom. The van der Waals surface area contributed by atoms with Crippen LogP contribution in [0.25, 0.3) is 0 Å². The van der Waals surface area contributed by atoms with Gasteiger partial charge in [0.05, 0.1) is 6.04 Å². The van der Waals surface area contributed by atoms with E-state index in [0.29, 0.717) is 17.1 Å². The second-order valence-electron chi connectivity index (χ2n) is 5.81. The second-order valence-corrected chi connectivity index (χ2v) is 6.92. The Hall–Kier alpha value is -1.79. The zero-order chi connectivity index (χ0) is 16.2. The summed E-state index contributed by atoms with van der Waals surface area (Å²) in [5.74, 6) is -0.243. The molecule has 1 fully saturated rings. The number of halogens is 1. The van der Waals surface area contributed by atoms with Crippen LogP contribution < -0.4 is 5.32 Å². The zero-order valence-corrected chi connectivity index (χ0v) is 13.9. The van der Waals surface area contributed by atoms with E-state index in [2.05, 4.69) is 15.2 Å². The number of benzene rings is 1. The number of anilines is 1. The molecule has 122 valence electrons. The maximum absolute atomic E-state index is 13.7. The molecule has 23 heavy (non-hydrogen) atoms. The molecular formula is C17H20FN3OS. The Bertz CT molecular complexity index is 682. The number of amides is 1. The van der Waals surface area contributed by atoms with Crippen molar-refractivity contribution in [2.45, 2.75) is 32.2 Å². The van der Waals surface area contributed by atoms with Gasteiger partial charge in [-0.25, -0.2) is 9.37 Å². The number of likely N-dealkylation sites (tertiary alicyclic amines) is 1. The average molecular weight is 333 g/mol. The topological polar surface area (TPSA) is 45.2 Å². The smallest absolute Gasteiger partial charge is 0.243 e. The predicted molar refractivity (Wildman–Crippen MR) is 90.2 cm³/mol. The van der Waals surface area contributed by atoms with Gasteiger partial charge >= 0.3 is 0 Å². The minimum atomic E-state index is -0.214. The van der Waals surface area contributed by atoms with E-state index < -0.39 is 0 Å². The summed E-state index contributed by atoms with van der Waals surface area (Å²) in [7, 11) is 0. The minimum absolute atomic E-state index is 0.0290. The van der Waals surface area contributed by atoms with Gasteiger partial charge in [-0.1, -0.05) is 18.2 Å². The second kappa shape index (κ2) is 7.19. The molecule has 0 saturated carbocycles. The number of rotatable bonds is 5. The SMILES string of the molecule is CC(C(=O)Nc1ncc(Cc2ccccc2F)s1)N1CCCC1. The highest BCUT2D eigenvalue weighted by molar-refractivity contribution is 7.15. The summed E-state index contributed by atoms with van der Waals surface area (Å²) in [6.07, 6.45) is 4.50. The van der Waals surface area contributed by atoms with Crippen LogP contribution in [0.3, 0.4) is 0 Å². The van der Waals surface area contributed by atoms with Crippen molar-refractivity contribution in [2.24, 2.45) is 0 Å². The molecule has 1 amide bonds. The third kappa shape index (κ3) is 3.95. The Morgan fingerprint density at radius 1 is 1.39 bits per heavy atom. The van der Waals surface area contributed by atoms with Gasteiger partial charge in [0.1, 0.15) is 5.82 Å². The van der Waals surface area contributed by atoms with E-state index in [-0.39, 0.29) is 17.8 Å². The number of thiazole rings is 1. The number of carbonyl (C=O) groups excluding carboxylic acids is 1. The Balaban J connectivity index is 1.60. The first-order valence-corrected chi connectivity index (χ1v) is 8.68. The van der Waals surface area contributed by atoms with Crippen molar-refractivity contribution < 1.29 is 9.18 Å². The van der Waals surface area contributed by atoms with Crippen LogP contribution in [0.2, 0.25) is 0 Å². The Kier molecular flexibility index (Phi) is 5.03. The standard InChI is InChI=1S/C17H20FN3OS/c1-12(21-8-4-5-9-21)16(22)20-17-19-11-14(23-17)10-13-6-2-3-7-15(13)18/h2-3,6-7,11-12H,4-5,8-10H2,1H3,(H,19,20,22). The number of nitrogens with zero attached hydrogens (tertiary/aromatic N) is 2. The summed E-state index contributed by atoms with van der Waals surface area (Å²) in [4.78, 5) is 19.6. The fraction of sp³-hybridized carbons (Fsp3) is 0.412. The molecule has 3 rings (SSSR count). The van der Waals surface area contributed by atoms with E-state index in [1.165, 1.54) is 17.4 Å². The summed E-state index contributed by atoms with van der Waals surface area (Å²) in [5, 5.41) is 3.45. The largest absolute Gasteiger partial charge is 0.301 e. The van der Waals surface area contributed by atoms with Crippen molar-refractivity contribution in [3.05, 3.63) is 46.7 Å². The van der Waals surface area contributed by atoms with Crippen LogP contribution in [0.5, 0.6) is 0 Å². The third-order valence-corrected chi connectivity index (χ3v) is 5.09. The van der Waals surface area contributed by atoms with Gasteiger partial charge in [0.2, 0.25) is 5.91 Å². The van der Waals surface area contributed by atoms with Crippen LogP contribution in [-0.2, 0) is 11.2 Å². The number of aromatic nitrogens is 1. The lowest BCUT2D eigenvalue weighted by atomic mass is 10.1. The quantitative estimate of drug-likeness (QED) is 0.913. The Morgan fingerprint density at radius 3 is 2.87 bits per heavy atom. The molecule has 1 unspecified atom stereocenters. The van der Waals surface area contributed by atoms with Crippen LogP contribution in [0.1, 0.15) is 30.2 Å². The first kappa shape index (κ1) is 16.1. The van der Waals surface area contributed by atoms with Crippen LogP contribution in [0.4, 0.5) is 9.52 Å². The molecule has 6 heteroatoms. The average Bonchev–Trinajstić information content (AvgIpc) is 3.21. The first-order chi connectivity index (χ1) is 11.1. The van der Waals surface area contributed by atoms with Crippen molar-refractivity contribution in [3.8, 4) is 0 Å². The van der Waals surface area contributed by atoms with Gasteiger partial charge in [0, 0.05) is 17.5 Å². The summed E-state index contributed by atoms with van der Waals surface area (Å²) in [6.45, 7) is 3.88. The van der Waals surface area contributed by atoms with Gasteiger partial charge in [0.15, 0.2) is 5.13 Å². The van der Waals surface area contributed by atoms with Gasteiger partial charge in [-0.2, -0.15) is 0 Å². The predicted octanol–water partition coefficient (Wildman–Crippen LogP) is 3.30. The maximum Gasteiger partial charge on any atom is 0.243 e. The van der Waals surface area contributed by atoms with Gasteiger partial charge in [0.25, 0.3) is 0 Å². The first-order valence-electron chi connectivity index (χ1n) is 7.86. The molecular weight excluding hydrogens is 313 g/mol. The number of hydrogen-bond donors (Lipinski definition) is 1. The van der Waals surface area contributed by atoms with Gasteiger partial charge in [-0.05, 0) is 44.5 Å². The van der Waals surface area contributed by atoms with Crippen molar-refractivity contribution >= 4 is 22.4 Å². The van der Waals surface area contributed by atoms with E-state index in [0.717, 1.165) is 30.8 Å². The highest BCUT2D eigenvalue weighted by Gasteiger charge is 2.24. The molecule has 2 aromatic rings. The van der Waals surface area contributed by atoms with E-state index in [9.17, 15) is 9.18 Å². The molecule has 0 aliphatic carbocycles. The van der Waals surface area contributed by atoms with Crippen LogP contribution in [-0.4, -0.2) is 34.9 Å². The summed E-state index contributed by atoms with van der Waals surface area (Å²) in [6, 6.07) is 6.58. The van der Waals surface area contributed by atoms with Gasteiger partial charge in [-0.3, -0.25) is 9.69 Å². The lowest BCUT2D eigenvalue weighted by molar-refractivity contribution is -0.120. The van der Waals surface area contributed by atoms with E-state index in [1.807, 2.05) is 13.0 Å². The molecule has 0 bridgehead atoms. The summed E-state index contributed by atoms with van der Waals surface area (Å²) < 4.78 is 13.7. The molecule has 1 aliphatic rings. The molecule has 2 heterocycles. The molecule has 1 aromatic carbocycles. The number of nitrogens with one attached hydrogen (secondary N) is 1. The minimum Gasteiger partial charge on any atom is -0.301 e. The maximum atomic E-state index is 13.7. The molecule has 0 spiro atoms. The molecule has 1 atom stereocenters. The van der Waals surface area contributed by atoms with Crippen molar-refractivity contribution in [2.75, 3.05) is 18.4 Å². The third-order valence-electron chi connectivity index (χ3n) is 4.17.